The van der Waals surface area contributed by atoms with E-state index in [2.05, 4.69) is 43.5 Å². The molecule has 2 aromatic heterocycles. The molecule has 0 saturated heterocycles. The lowest BCUT2D eigenvalue weighted by molar-refractivity contribution is -0.141. The monoisotopic (exact) mass is 351 g/mol. The van der Waals surface area contributed by atoms with E-state index < -0.39 is 0 Å². The highest BCUT2D eigenvalue weighted by Crippen LogP contribution is 2.36. The quantitative estimate of drug-likeness (QED) is 0.687. The molecule has 1 aromatic carbocycles. The van der Waals surface area contributed by atoms with Crippen LogP contribution in [-0.2, 0) is 16.0 Å². The first-order valence-corrected chi connectivity index (χ1v) is 8.81. The number of nitrogens with zero attached hydrogens (tertiary/aromatic N) is 3. The minimum atomic E-state index is -0.241. The minimum Gasteiger partial charge on any atom is -0.465 e. The number of nitrogens with one attached hydrogen (secondary N) is 2. The molecule has 7 heteroatoms. The molecule has 134 valence electrons. The van der Waals surface area contributed by atoms with Gasteiger partial charge in [-0.15, -0.1) is 0 Å². The molecule has 0 saturated carbocycles. The number of aryl methyl sites for hydroxylation is 1. The van der Waals surface area contributed by atoms with Crippen LogP contribution in [0.4, 0.5) is 5.82 Å². The first-order valence-electron chi connectivity index (χ1n) is 8.81. The van der Waals surface area contributed by atoms with Crippen LogP contribution in [-0.4, -0.2) is 39.1 Å². The number of anilines is 1. The maximum atomic E-state index is 11.3. The lowest BCUT2D eigenvalue weighted by atomic mass is 9.75. The van der Waals surface area contributed by atoms with Gasteiger partial charge in [-0.25, -0.2) is 15.0 Å². The Labute approximate surface area is 151 Å². The summed E-state index contributed by atoms with van der Waals surface area (Å²) in [5.74, 6) is 1.03. The van der Waals surface area contributed by atoms with Crippen molar-refractivity contribution in [3.8, 4) is 0 Å². The van der Waals surface area contributed by atoms with Gasteiger partial charge in [-0.05, 0) is 29.9 Å². The van der Waals surface area contributed by atoms with E-state index in [1.54, 1.807) is 6.33 Å². The third-order valence-corrected chi connectivity index (χ3v) is 5.03. The number of hydrogen-bond donors (Lipinski definition) is 2. The van der Waals surface area contributed by atoms with Crippen molar-refractivity contribution in [2.75, 3.05) is 18.5 Å². The molecule has 7 nitrogen and oxygen atoms in total. The smallest absolute Gasteiger partial charge is 0.302 e. The SMILES string of the molecule is CC(=O)OCC1c2ccccc2CCC1CNc1ncnc2nc[nH]c12. The molecule has 2 atom stereocenters. The zero-order valence-corrected chi connectivity index (χ0v) is 14.6. The van der Waals surface area contributed by atoms with Crippen LogP contribution in [0.2, 0.25) is 0 Å². The molecule has 3 aromatic rings. The highest BCUT2D eigenvalue weighted by Gasteiger charge is 2.30. The minimum absolute atomic E-state index is 0.176. The summed E-state index contributed by atoms with van der Waals surface area (Å²) < 4.78 is 5.37. The Hall–Kier alpha value is -2.96. The third kappa shape index (κ3) is 3.24. The van der Waals surface area contributed by atoms with E-state index in [4.69, 9.17) is 4.74 Å². The van der Waals surface area contributed by atoms with Gasteiger partial charge in [0.1, 0.15) is 11.8 Å². The molecule has 2 N–H and O–H groups in total. The number of aromatic nitrogens is 4. The van der Waals surface area contributed by atoms with E-state index in [-0.39, 0.29) is 11.9 Å². The van der Waals surface area contributed by atoms with Crippen LogP contribution in [0.25, 0.3) is 11.2 Å². The van der Waals surface area contributed by atoms with E-state index in [0.717, 1.165) is 30.7 Å². The number of rotatable bonds is 5. The standard InChI is InChI=1S/C19H21N5O2/c1-12(25)26-9-16-14(7-6-13-4-2-3-5-15(13)16)8-20-18-17-19(22-10-21-17)24-11-23-18/h2-5,10-11,14,16H,6-9H2,1H3,(H2,20,21,22,23,24). The number of hydrogen-bond acceptors (Lipinski definition) is 6. The lowest BCUT2D eigenvalue weighted by Gasteiger charge is -2.33. The summed E-state index contributed by atoms with van der Waals surface area (Å²) in [5, 5.41) is 3.43. The van der Waals surface area contributed by atoms with Gasteiger partial charge in [-0.3, -0.25) is 4.79 Å². The molecule has 2 heterocycles. The molecule has 0 bridgehead atoms. The summed E-state index contributed by atoms with van der Waals surface area (Å²) in [4.78, 5) is 27.0. The first-order chi connectivity index (χ1) is 12.7. The van der Waals surface area contributed by atoms with Gasteiger partial charge in [-0.2, -0.15) is 0 Å². The summed E-state index contributed by atoms with van der Waals surface area (Å²) in [7, 11) is 0. The van der Waals surface area contributed by atoms with Crippen LogP contribution in [0.3, 0.4) is 0 Å². The van der Waals surface area contributed by atoms with E-state index in [1.165, 1.54) is 24.4 Å². The number of fused-ring (bicyclic) bond motifs is 2. The van der Waals surface area contributed by atoms with Crippen LogP contribution in [0.15, 0.2) is 36.9 Å². The van der Waals surface area contributed by atoms with Crippen molar-refractivity contribution in [1.29, 1.82) is 0 Å². The Morgan fingerprint density at radius 2 is 2.19 bits per heavy atom. The number of esters is 1. The predicted molar refractivity (Wildman–Crippen MR) is 97.8 cm³/mol. The number of imidazole rings is 1. The molecular weight excluding hydrogens is 330 g/mol. The Kier molecular flexibility index (Phi) is 4.51. The largest absolute Gasteiger partial charge is 0.465 e. The highest BCUT2D eigenvalue weighted by atomic mass is 16.5. The van der Waals surface area contributed by atoms with Crippen molar-refractivity contribution in [2.24, 2.45) is 5.92 Å². The van der Waals surface area contributed by atoms with Gasteiger partial charge in [0.15, 0.2) is 11.5 Å². The first kappa shape index (κ1) is 16.5. The normalized spacial score (nSPS) is 19.1. The Balaban J connectivity index is 1.54. The average molecular weight is 351 g/mol. The third-order valence-electron chi connectivity index (χ3n) is 5.03. The van der Waals surface area contributed by atoms with Crippen molar-refractivity contribution < 1.29 is 9.53 Å². The van der Waals surface area contributed by atoms with Crippen molar-refractivity contribution in [2.45, 2.75) is 25.7 Å². The van der Waals surface area contributed by atoms with Gasteiger partial charge in [0, 0.05) is 19.4 Å². The van der Waals surface area contributed by atoms with Crippen molar-refractivity contribution in [1.82, 2.24) is 19.9 Å². The molecule has 4 rings (SSSR count). The van der Waals surface area contributed by atoms with Gasteiger partial charge in [-0.1, -0.05) is 24.3 Å². The Morgan fingerprint density at radius 1 is 1.31 bits per heavy atom. The average Bonchev–Trinajstić information content (AvgIpc) is 3.14. The number of ether oxygens (including phenoxy) is 1. The fourth-order valence-electron chi connectivity index (χ4n) is 3.72. The van der Waals surface area contributed by atoms with E-state index >= 15 is 0 Å². The summed E-state index contributed by atoms with van der Waals surface area (Å²) in [6.45, 7) is 2.60. The molecule has 0 fully saturated rings. The zero-order valence-electron chi connectivity index (χ0n) is 14.6. The van der Waals surface area contributed by atoms with E-state index in [0.29, 0.717) is 18.2 Å². The van der Waals surface area contributed by atoms with Gasteiger partial charge in [0.05, 0.1) is 12.9 Å². The molecule has 0 aliphatic heterocycles. The second-order valence-electron chi connectivity index (χ2n) is 6.61. The molecule has 0 radical (unpaired) electrons. The molecular formula is C19H21N5O2. The van der Waals surface area contributed by atoms with Gasteiger partial charge in [0.2, 0.25) is 0 Å². The van der Waals surface area contributed by atoms with Gasteiger partial charge >= 0.3 is 5.97 Å². The van der Waals surface area contributed by atoms with Crippen LogP contribution >= 0.6 is 0 Å². The van der Waals surface area contributed by atoms with Crippen LogP contribution in [0.1, 0.15) is 30.4 Å². The van der Waals surface area contributed by atoms with E-state index in [9.17, 15) is 4.79 Å². The summed E-state index contributed by atoms with van der Waals surface area (Å²) in [6.07, 6.45) is 5.19. The molecule has 2 unspecified atom stereocenters. The molecule has 1 aliphatic rings. The van der Waals surface area contributed by atoms with Crippen molar-refractivity contribution >= 4 is 23.0 Å². The number of H-pyrrole nitrogens is 1. The van der Waals surface area contributed by atoms with E-state index in [1.807, 2.05) is 6.07 Å². The maximum absolute atomic E-state index is 11.3. The molecule has 0 spiro atoms. The molecule has 0 amide bonds. The topological polar surface area (TPSA) is 92.8 Å². The summed E-state index contributed by atoms with van der Waals surface area (Å²) >= 11 is 0. The number of aromatic amines is 1. The van der Waals surface area contributed by atoms with Crippen LogP contribution in [0, 0.1) is 5.92 Å². The number of carbonyl (C=O) groups is 1. The Bertz CT molecular complexity index is 923. The molecule has 1 aliphatic carbocycles. The van der Waals surface area contributed by atoms with Gasteiger partial charge in [0.25, 0.3) is 0 Å². The fraction of sp³-hybridized carbons (Fsp3) is 0.368. The van der Waals surface area contributed by atoms with Crippen molar-refractivity contribution in [3.05, 3.63) is 48.0 Å². The fourth-order valence-corrected chi connectivity index (χ4v) is 3.72. The van der Waals surface area contributed by atoms with Crippen LogP contribution in [0.5, 0.6) is 0 Å². The molecule has 26 heavy (non-hydrogen) atoms. The summed E-state index contributed by atoms with van der Waals surface area (Å²) in [5.41, 5.74) is 4.08. The second-order valence-corrected chi connectivity index (χ2v) is 6.61. The van der Waals surface area contributed by atoms with Gasteiger partial charge < -0.3 is 15.0 Å². The predicted octanol–water partition coefficient (Wildman–Crippen LogP) is 2.67. The highest BCUT2D eigenvalue weighted by molar-refractivity contribution is 5.81. The lowest BCUT2D eigenvalue weighted by Crippen LogP contribution is -2.30. The second kappa shape index (κ2) is 7.11. The summed E-state index contributed by atoms with van der Waals surface area (Å²) in [6, 6.07) is 8.43. The Morgan fingerprint density at radius 3 is 3.08 bits per heavy atom. The number of benzene rings is 1. The maximum Gasteiger partial charge on any atom is 0.302 e. The van der Waals surface area contributed by atoms with Crippen molar-refractivity contribution in [3.63, 3.8) is 0 Å². The van der Waals surface area contributed by atoms with Crippen LogP contribution < -0.4 is 5.32 Å². The zero-order chi connectivity index (χ0) is 17.9. The number of carbonyl (C=O) groups excluding carboxylic acids is 1.